The van der Waals surface area contributed by atoms with Crippen molar-refractivity contribution in [3.8, 4) is 17.0 Å². The number of piperazine rings is 1. The number of carbonyl (C=O) groups excluding carboxylic acids is 1. The number of aryl methyl sites for hydroxylation is 1. The summed E-state index contributed by atoms with van der Waals surface area (Å²) in [7, 11) is 0. The van der Waals surface area contributed by atoms with Gasteiger partial charge in [0.05, 0.1) is 5.69 Å². The van der Waals surface area contributed by atoms with Crippen LogP contribution in [0.3, 0.4) is 0 Å². The highest BCUT2D eigenvalue weighted by Gasteiger charge is 2.27. The number of benzene rings is 2. The molecule has 2 aromatic carbocycles. The highest BCUT2D eigenvalue weighted by atomic mass is 16.5. The van der Waals surface area contributed by atoms with Crippen molar-refractivity contribution >= 4 is 11.7 Å². The van der Waals surface area contributed by atoms with Gasteiger partial charge in [0.15, 0.2) is 6.10 Å². The Hall–Kier alpha value is -3.41. The number of hydrogen-bond acceptors (Lipinski definition) is 5. The lowest BCUT2D eigenvalue weighted by Gasteiger charge is -2.36. The molecule has 6 heteroatoms. The van der Waals surface area contributed by atoms with E-state index >= 15 is 0 Å². The molecule has 0 aliphatic carbocycles. The van der Waals surface area contributed by atoms with E-state index in [1.165, 1.54) is 0 Å². The summed E-state index contributed by atoms with van der Waals surface area (Å²) < 4.78 is 5.99. The van der Waals surface area contributed by atoms with E-state index in [1.54, 1.807) is 6.33 Å². The van der Waals surface area contributed by atoms with Crippen molar-refractivity contribution in [1.29, 1.82) is 0 Å². The van der Waals surface area contributed by atoms with Gasteiger partial charge in [0, 0.05) is 37.8 Å². The third kappa shape index (κ3) is 4.68. The van der Waals surface area contributed by atoms with Gasteiger partial charge < -0.3 is 14.5 Å². The molecule has 1 aromatic heterocycles. The summed E-state index contributed by atoms with van der Waals surface area (Å²) in [5.41, 5.74) is 4.20. The SMILES string of the molecule is Cc1cccc(OC(C)C(=O)N2CCN(c3cc(-c4ccccc4)ncn3)CC2)c1C. The van der Waals surface area contributed by atoms with Crippen LogP contribution in [0.5, 0.6) is 5.75 Å². The third-order valence-corrected chi connectivity index (χ3v) is 5.84. The molecule has 6 nitrogen and oxygen atoms in total. The van der Waals surface area contributed by atoms with E-state index in [4.69, 9.17) is 4.74 Å². The lowest BCUT2D eigenvalue weighted by atomic mass is 10.1. The van der Waals surface area contributed by atoms with Crippen molar-refractivity contribution in [2.75, 3.05) is 31.1 Å². The minimum atomic E-state index is -0.518. The van der Waals surface area contributed by atoms with E-state index < -0.39 is 6.10 Å². The molecule has 0 spiro atoms. The zero-order valence-corrected chi connectivity index (χ0v) is 18.3. The molecule has 1 saturated heterocycles. The average molecular weight is 417 g/mol. The molecule has 1 fully saturated rings. The lowest BCUT2D eigenvalue weighted by Crippen LogP contribution is -2.52. The smallest absolute Gasteiger partial charge is 0.263 e. The van der Waals surface area contributed by atoms with Crippen molar-refractivity contribution in [2.24, 2.45) is 0 Å². The lowest BCUT2D eigenvalue weighted by molar-refractivity contribution is -0.138. The zero-order chi connectivity index (χ0) is 21.8. The summed E-state index contributed by atoms with van der Waals surface area (Å²) in [5.74, 6) is 1.68. The van der Waals surface area contributed by atoms with E-state index in [1.807, 2.05) is 80.3 Å². The van der Waals surface area contributed by atoms with E-state index in [2.05, 4.69) is 14.9 Å². The van der Waals surface area contributed by atoms with Crippen molar-refractivity contribution < 1.29 is 9.53 Å². The Labute approximate surface area is 183 Å². The molecule has 0 bridgehead atoms. The average Bonchev–Trinajstić information content (AvgIpc) is 2.82. The molecule has 0 N–H and O–H groups in total. The summed E-state index contributed by atoms with van der Waals surface area (Å²) in [6.45, 7) is 8.64. The molecule has 160 valence electrons. The topological polar surface area (TPSA) is 58.6 Å². The fourth-order valence-electron chi connectivity index (χ4n) is 3.79. The van der Waals surface area contributed by atoms with Gasteiger partial charge in [-0.1, -0.05) is 42.5 Å². The molecule has 0 radical (unpaired) electrons. The second-order valence-corrected chi connectivity index (χ2v) is 7.90. The predicted molar refractivity (Wildman–Crippen MR) is 122 cm³/mol. The summed E-state index contributed by atoms with van der Waals surface area (Å²) in [6.07, 6.45) is 1.09. The van der Waals surface area contributed by atoms with Crippen LogP contribution in [-0.2, 0) is 4.79 Å². The molecule has 1 aliphatic heterocycles. The van der Waals surface area contributed by atoms with Crippen molar-refractivity contribution in [1.82, 2.24) is 14.9 Å². The van der Waals surface area contributed by atoms with Gasteiger partial charge >= 0.3 is 0 Å². The molecule has 4 rings (SSSR count). The van der Waals surface area contributed by atoms with Crippen LogP contribution in [0.15, 0.2) is 60.9 Å². The molecule has 31 heavy (non-hydrogen) atoms. The van der Waals surface area contributed by atoms with Crippen LogP contribution in [0.2, 0.25) is 0 Å². The number of hydrogen-bond donors (Lipinski definition) is 0. The number of anilines is 1. The minimum absolute atomic E-state index is 0.0215. The Morgan fingerprint density at radius 1 is 0.968 bits per heavy atom. The summed E-state index contributed by atoms with van der Waals surface area (Å²) in [4.78, 5) is 25.9. The number of carbonyl (C=O) groups is 1. The summed E-state index contributed by atoms with van der Waals surface area (Å²) in [5, 5.41) is 0. The monoisotopic (exact) mass is 416 g/mol. The van der Waals surface area contributed by atoms with Crippen LogP contribution in [0.25, 0.3) is 11.3 Å². The molecule has 1 amide bonds. The Bertz CT molecular complexity index is 1050. The highest BCUT2D eigenvalue weighted by molar-refractivity contribution is 5.81. The van der Waals surface area contributed by atoms with E-state index in [9.17, 15) is 4.79 Å². The maximum absolute atomic E-state index is 12.9. The zero-order valence-electron chi connectivity index (χ0n) is 18.3. The highest BCUT2D eigenvalue weighted by Crippen LogP contribution is 2.23. The van der Waals surface area contributed by atoms with Gasteiger partial charge in [-0.15, -0.1) is 0 Å². The van der Waals surface area contributed by atoms with Gasteiger partial charge in [0.1, 0.15) is 17.9 Å². The normalized spacial score (nSPS) is 14.9. The van der Waals surface area contributed by atoms with Crippen molar-refractivity contribution in [2.45, 2.75) is 26.9 Å². The molecule has 0 saturated carbocycles. The second-order valence-electron chi connectivity index (χ2n) is 7.90. The van der Waals surface area contributed by atoms with Gasteiger partial charge in [0.25, 0.3) is 5.91 Å². The molecule has 1 unspecified atom stereocenters. The quantitative estimate of drug-likeness (QED) is 0.632. The third-order valence-electron chi connectivity index (χ3n) is 5.84. The first kappa shape index (κ1) is 20.8. The second kappa shape index (κ2) is 9.16. The first-order valence-corrected chi connectivity index (χ1v) is 10.7. The summed E-state index contributed by atoms with van der Waals surface area (Å²) >= 11 is 0. The molecular formula is C25H28N4O2. The van der Waals surface area contributed by atoms with Crippen LogP contribution in [0, 0.1) is 13.8 Å². The Balaban J connectivity index is 1.37. The Morgan fingerprint density at radius 3 is 2.45 bits per heavy atom. The van der Waals surface area contributed by atoms with Gasteiger partial charge in [-0.3, -0.25) is 4.79 Å². The number of aromatic nitrogens is 2. The first-order chi connectivity index (χ1) is 15.0. The number of rotatable bonds is 5. The molecule has 3 aromatic rings. The molecular weight excluding hydrogens is 388 g/mol. The maximum atomic E-state index is 12.9. The predicted octanol–water partition coefficient (Wildman–Crippen LogP) is 3.88. The van der Waals surface area contributed by atoms with Crippen LogP contribution < -0.4 is 9.64 Å². The summed E-state index contributed by atoms with van der Waals surface area (Å²) in [6, 6.07) is 18.0. The van der Waals surface area contributed by atoms with E-state index in [0.717, 1.165) is 47.0 Å². The van der Waals surface area contributed by atoms with Crippen LogP contribution in [0.1, 0.15) is 18.1 Å². The van der Waals surface area contributed by atoms with Gasteiger partial charge in [-0.05, 0) is 38.0 Å². The van der Waals surface area contributed by atoms with Crippen LogP contribution >= 0.6 is 0 Å². The molecule has 1 atom stereocenters. The van der Waals surface area contributed by atoms with Gasteiger partial charge in [-0.25, -0.2) is 9.97 Å². The molecule has 2 heterocycles. The number of ether oxygens (including phenoxy) is 1. The van der Waals surface area contributed by atoms with Crippen molar-refractivity contribution in [3.63, 3.8) is 0 Å². The van der Waals surface area contributed by atoms with Crippen molar-refractivity contribution in [3.05, 3.63) is 72.1 Å². The minimum Gasteiger partial charge on any atom is -0.481 e. The maximum Gasteiger partial charge on any atom is 0.263 e. The first-order valence-electron chi connectivity index (χ1n) is 10.7. The number of amides is 1. The standard InChI is InChI=1S/C25H28N4O2/c1-18-8-7-11-23(19(18)2)31-20(3)25(30)29-14-12-28(13-15-29)24-16-22(26-17-27-24)21-9-5-4-6-10-21/h4-11,16-17,20H,12-15H2,1-3H3. The van der Waals surface area contributed by atoms with E-state index in [-0.39, 0.29) is 5.91 Å². The number of nitrogens with zero attached hydrogens (tertiary/aromatic N) is 4. The largest absolute Gasteiger partial charge is 0.481 e. The fourth-order valence-corrected chi connectivity index (χ4v) is 3.79. The van der Waals surface area contributed by atoms with Crippen LogP contribution in [-0.4, -0.2) is 53.1 Å². The Morgan fingerprint density at radius 2 is 1.71 bits per heavy atom. The fraction of sp³-hybridized carbons (Fsp3) is 0.320. The Kier molecular flexibility index (Phi) is 6.16. The molecule has 1 aliphatic rings. The van der Waals surface area contributed by atoms with Crippen LogP contribution in [0.4, 0.5) is 5.82 Å². The van der Waals surface area contributed by atoms with Gasteiger partial charge in [0.2, 0.25) is 0 Å². The van der Waals surface area contributed by atoms with E-state index in [0.29, 0.717) is 13.1 Å². The van der Waals surface area contributed by atoms with Gasteiger partial charge in [-0.2, -0.15) is 0 Å².